The van der Waals surface area contributed by atoms with Gasteiger partial charge >= 0.3 is 0 Å². The van der Waals surface area contributed by atoms with E-state index in [1.54, 1.807) is 0 Å². The Kier molecular flexibility index (Phi) is 5.65. The SMILES string of the molecule is NCCCCN(Cc1ncc2n1CCCC2)C1CCCc2cccnc21. The molecule has 0 saturated carbocycles. The van der Waals surface area contributed by atoms with Crippen LogP contribution in [0.3, 0.4) is 0 Å². The first kappa shape index (κ1) is 17.7. The zero-order valence-electron chi connectivity index (χ0n) is 15.7. The fourth-order valence-corrected chi connectivity index (χ4v) is 4.55. The summed E-state index contributed by atoms with van der Waals surface area (Å²) in [5.74, 6) is 1.23. The number of pyridine rings is 1. The molecule has 5 nitrogen and oxygen atoms in total. The third kappa shape index (κ3) is 3.69. The van der Waals surface area contributed by atoms with E-state index in [1.807, 2.05) is 6.20 Å². The summed E-state index contributed by atoms with van der Waals surface area (Å²) in [6, 6.07) is 4.74. The van der Waals surface area contributed by atoms with Crippen molar-refractivity contribution in [3.05, 3.63) is 47.3 Å². The Morgan fingerprint density at radius 2 is 2.12 bits per heavy atom. The molecule has 0 fully saturated rings. The summed E-state index contributed by atoms with van der Waals surface area (Å²) in [5, 5.41) is 0. The third-order valence-electron chi connectivity index (χ3n) is 5.94. The van der Waals surface area contributed by atoms with Gasteiger partial charge in [-0.3, -0.25) is 9.88 Å². The summed E-state index contributed by atoms with van der Waals surface area (Å²) in [7, 11) is 0. The van der Waals surface area contributed by atoms with Gasteiger partial charge in [-0.05, 0) is 76.1 Å². The molecular formula is C21H31N5. The maximum absolute atomic E-state index is 5.75. The van der Waals surface area contributed by atoms with Crippen molar-refractivity contribution in [3.8, 4) is 0 Å². The second-order valence-corrected chi connectivity index (χ2v) is 7.70. The van der Waals surface area contributed by atoms with Gasteiger partial charge in [-0.1, -0.05) is 6.07 Å². The van der Waals surface area contributed by atoms with E-state index in [4.69, 9.17) is 15.7 Å². The molecule has 2 N–H and O–H groups in total. The molecule has 2 aromatic rings. The highest BCUT2D eigenvalue weighted by atomic mass is 15.2. The number of aromatic nitrogens is 3. The lowest BCUT2D eigenvalue weighted by Crippen LogP contribution is -2.34. The van der Waals surface area contributed by atoms with Gasteiger partial charge in [-0.25, -0.2) is 4.98 Å². The van der Waals surface area contributed by atoms with E-state index in [0.717, 1.165) is 45.4 Å². The molecule has 3 heterocycles. The molecule has 2 aromatic heterocycles. The average Bonchev–Trinajstić information content (AvgIpc) is 3.10. The van der Waals surface area contributed by atoms with Gasteiger partial charge in [0.15, 0.2) is 0 Å². The fourth-order valence-electron chi connectivity index (χ4n) is 4.55. The summed E-state index contributed by atoms with van der Waals surface area (Å²) in [5.41, 5.74) is 9.88. The van der Waals surface area contributed by atoms with Gasteiger partial charge in [0.25, 0.3) is 0 Å². The van der Waals surface area contributed by atoms with Gasteiger partial charge in [0.05, 0.1) is 18.3 Å². The lowest BCUT2D eigenvalue weighted by atomic mass is 9.90. The first-order chi connectivity index (χ1) is 12.9. The van der Waals surface area contributed by atoms with Gasteiger partial charge in [0.2, 0.25) is 0 Å². The summed E-state index contributed by atoms with van der Waals surface area (Å²) in [6.45, 7) is 3.89. The average molecular weight is 354 g/mol. The number of hydrogen-bond acceptors (Lipinski definition) is 4. The van der Waals surface area contributed by atoms with E-state index in [-0.39, 0.29) is 0 Å². The first-order valence-corrected chi connectivity index (χ1v) is 10.3. The molecule has 0 saturated heterocycles. The Bertz CT molecular complexity index is 723. The number of rotatable bonds is 7. The molecular weight excluding hydrogens is 322 g/mol. The number of unbranched alkanes of at least 4 members (excludes halogenated alkanes) is 1. The van der Waals surface area contributed by atoms with Crippen molar-refractivity contribution in [2.45, 2.75) is 70.5 Å². The maximum Gasteiger partial charge on any atom is 0.123 e. The fraction of sp³-hybridized carbons (Fsp3) is 0.619. The van der Waals surface area contributed by atoms with Crippen LogP contribution in [0, 0.1) is 0 Å². The Morgan fingerprint density at radius 1 is 1.15 bits per heavy atom. The van der Waals surface area contributed by atoms with E-state index in [2.05, 4.69) is 27.8 Å². The van der Waals surface area contributed by atoms with Crippen LogP contribution in [0.1, 0.15) is 67.3 Å². The van der Waals surface area contributed by atoms with Crippen LogP contribution in [0.2, 0.25) is 0 Å². The van der Waals surface area contributed by atoms with Gasteiger partial charge in [0.1, 0.15) is 5.82 Å². The van der Waals surface area contributed by atoms with E-state index in [1.165, 1.54) is 54.9 Å². The highest BCUT2D eigenvalue weighted by molar-refractivity contribution is 5.25. The smallest absolute Gasteiger partial charge is 0.123 e. The Labute approximate surface area is 156 Å². The predicted octanol–water partition coefficient (Wildman–Crippen LogP) is 3.23. The Balaban J connectivity index is 1.58. The lowest BCUT2D eigenvalue weighted by molar-refractivity contribution is 0.156. The van der Waals surface area contributed by atoms with E-state index in [0.29, 0.717) is 6.04 Å². The molecule has 5 heteroatoms. The van der Waals surface area contributed by atoms with Crippen molar-refractivity contribution in [1.29, 1.82) is 0 Å². The molecule has 1 atom stereocenters. The minimum atomic E-state index is 0.411. The molecule has 0 amide bonds. The number of nitrogens with two attached hydrogens (primary N) is 1. The van der Waals surface area contributed by atoms with Crippen LogP contribution in [0.4, 0.5) is 0 Å². The highest BCUT2D eigenvalue weighted by Crippen LogP contribution is 2.34. The van der Waals surface area contributed by atoms with Gasteiger partial charge in [0, 0.05) is 24.6 Å². The third-order valence-corrected chi connectivity index (χ3v) is 5.94. The van der Waals surface area contributed by atoms with Crippen molar-refractivity contribution in [3.63, 3.8) is 0 Å². The molecule has 140 valence electrons. The number of aryl methyl sites for hydroxylation is 2. The van der Waals surface area contributed by atoms with E-state index < -0.39 is 0 Å². The van der Waals surface area contributed by atoms with Crippen LogP contribution in [-0.2, 0) is 25.9 Å². The van der Waals surface area contributed by atoms with E-state index >= 15 is 0 Å². The normalized spacial score (nSPS) is 19.4. The lowest BCUT2D eigenvalue weighted by Gasteiger charge is -2.35. The van der Waals surface area contributed by atoms with Crippen LogP contribution in [0.25, 0.3) is 0 Å². The molecule has 1 aliphatic heterocycles. The maximum atomic E-state index is 5.75. The number of nitrogens with zero attached hydrogens (tertiary/aromatic N) is 4. The number of imidazole rings is 1. The molecule has 0 bridgehead atoms. The Hall–Kier alpha value is -1.72. The molecule has 2 aliphatic rings. The van der Waals surface area contributed by atoms with Crippen LogP contribution in [0.15, 0.2) is 24.5 Å². The summed E-state index contributed by atoms with van der Waals surface area (Å²) >= 11 is 0. The van der Waals surface area contributed by atoms with Crippen molar-refractivity contribution < 1.29 is 0 Å². The molecule has 1 aliphatic carbocycles. The van der Waals surface area contributed by atoms with Gasteiger partial charge in [-0.2, -0.15) is 0 Å². The van der Waals surface area contributed by atoms with Gasteiger partial charge in [-0.15, -0.1) is 0 Å². The largest absolute Gasteiger partial charge is 0.331 e. The highest BCUT2D eigenvalue weighted by Gasteiger charge is 2.28. The zero-order chi connectivity index (χ0) is 17.8. The zero-order valence-corrected chi connectivity index (χ0v) is 15.7. The summed E-state index contributed by atoms with van der Waals surface area (Å²) in [4.78, 5) is 12.2. The van der Waals surface area contributed by atoms with Crippen molar-refractivity contribution >= 4 is 0 Å². The molecule has 0 aromatic carbocycles. The molecule has 4 rings (SSSR count). The van der Waals surface area contributed by atoms with Crippen molar-refractivity contribution in [1.82, 2.24) is 19.4 Å². The summed E-state index contributed by atoms with van der Waals surface area (Å²) < 4.78 is 2.46. The van der Waals surface area contributed by atoms with Crippen LogP contribution in [0.5, 0.6) is 0 Å². The molecule has 26 heavy (non-hydrogen) atoms. The topological polar surface area (TPSA) is 60.0 Å². The predicted molar refractivity (Wildman–Crippen MR) is 104 cm³/mol. The minimum absolute atomic E-state index is 0.411. The second kappa shape index (κ2) is 8.31. The number of hydrogen-bond donors (Lipinski definition) is 1. The van der Waals surface area contributed by atoms with Crippen molar-refractivity contribution in [2.24, 2.45) is 5.73 Å². The molecule has 0 spiro atoms. The first-order valence-electron chi connectivity index (χ1n) is 10.3. The van der Waals surface area contributed by atoms with Crippen LogP contribution >= 0.6 is 0 Å². The van der Waals surface area contributed by atoms with Crippen LogP contribution in [-0.4, -0.2) is 32.5 Å². The van der Waals surface area contributed by atoms with Gasteiger partial charge < -0.3 is 10.3 Å². The van der Waals surface area contributed by atoms with Crippen LogP contribution < -0.4 is 5.73 Å². The second-order valence-electron chi connectivity index (χ2n) is 7.70. The monoisotopic (exact) mass is 353 g/mol. The molecule has 0 radical (unpaired) electrons. The minimum Gasteiger partial charge on any atom is -0.331 e. The van der Waals surface area contributed by atoms with E-state index in [9.17, 15) is 0 Å². The Morgan fingerprint density at radius 3 is 3.04 bits per heavy atom. The standard InChI is InChI=1S/C21H31N5/c22-11-2-4-13-25(16-20-24-15-18-9-1-3-14-26(18)20)19-10-5-7-17-8-6-12-23-21(17)19/h6,8,12,15,19H,1-5,7,9-11,13-14,16,22H2. The quantitative estimate of drug-likeness (QED) is 0.777. The number of fused-ring (bicyclic) bond motifs is 2. The summed E-state index contributed by atoms with van der Waals surface area (Å²) in [6.07, 6.45) is 13.6. The van der Waals surface area contributed by atoms with Crippen molar-refractivity contribution in [2.75, 3.05) is 13.1 Å². The molecule has 1 unspecified atom stereocenters.